The van der Waals surface area contributed by atoms with E-state index in [1.807, 2.05) is 6.92 Å². The molecule has 4 rings (SSSR count). The van der Waals surface area contributed by atoms with Gasteiger partial charge in [-0.15, -0.1) is 10.2 Å². The molecule has 3 N–H and O–H groups in total. The van der Waals surface area contributed by atoms with Crippen LogP contribution in [0.1, 0.15) is 34.6 Å². The van der Waals surface area contributed by atoms with Crippen LogP contribution in [0, 0.1) is 24.4 Å². The van der Waals surface area contributed by atoms with Gasteiger partial charge in [0.25, 0.3) is 5.91 Å². The number of likely N-dealkylation sites (tertiary alicyclic amines) is 1. The molecule has 0 aliphatic carbocycles. The summed E-state index contributed by atoms with van der Waals surface area (Å²) < 4.78 is 48.3. The third kappa shape index (κ3) is 4.90. The molecular weight excluding hydrogens is 451 g/mol. The molecule has 0 spiro atoms. The SMILES string of the molecule is CCc1ccc(Nc2c(C(=O)N3CC(O)(CNCc4nnc(C)o4)C3)ccc(F)c2F)c(F)c1. The Kier molecular flexibility index (Phi) is 6.58. The van der Waals surface area contributed by atoms with Crippen LogP contribution in [-0.2, 0) is 13.0 Å². The Balaban J connectivity index is 1.45. The highest BCUT2D eigenvalue weighted by atomic mass is 19.2. The van der Waals surface area contributed by atoms with Gasteiger partial charge in [-0.25, -0.2) is 13.2 Å². The van der Waals surface area contributed by atoms with Crippen LogP contribution in [0.3, 0.4) is 0 Å². The number of amides is 1. The Hall–Kier alpha value is -3.44. The number of carbonyl (C=O) groups is 1. The predicted octanol–water partition coefficient (Wildman–Crippen LogP) is 3.08. The van der Waals surface area contributed by atoms with Crippen LogP contribution in [0.2, 0.25) is 0 Å². The summed E-state index contributed by atoms with van der Waals surface area (Å²) in [6.07, 6.45) is 0.608. The molecule has 0 unspecified atom stereocenters. The number of aromatic nitrogens is 2. The van der Waals surface area contributed by atoms with E-state index < -0.39 is 34.6 Å². The molecule has 8 nitrogen and oxygen atoms in total. The molecule has 0 saturated carbocycles. The molecule has 2 heterocycles. The minimum atomic E-state index is -1.29. The van der Waals surface area contributed by atoms with Crippen molar-refractivity contribution >= 4 is 17.3 Å². The molecule has 34 heavy (non-hydrogen) atoms. The normalized spacial score (nSPS) is 14.7. The molecule has 0 radical (unpaired) electrons. The number of nitrogens with zero attached hydrogens (tertiary/aromatic N) is 3. The smallest absolute Gasteiger partial charge is 0.256 e. The fourth-order valence-corrected chi connectivity index (χ4v) is 3.77. The molecular formula is C23H24F3N5O3. The number of rotatable bonds is 8. The summed E-state index contributed by atoms with van der Waals surface area (Å²) in [6, 6.07) is 6.33. The molecule has 0 bridgehead atoms. The lowest BCUT2D eigenvalue weighted by molar-refractivity contribution is -0.0788. The van der Waals surface area contributed by atoms with Crippen LogP contribution in [0.25, 0.3) is 0 Å². The van der Waals surface area contributed by atoms with Crippen molar-refractivity contribution in [2.45, 2.75) is 32.4 Å². The van der Waals surface area contributed by atoms with Gasteiger partial charge in [-0.2, -0.15) is 0 Å². The first-order chi connectivity index (χ1) is 16.2. The van der Waals surface area contributed by atoms with Crippen molar-refractivity contribution in [3.05, 3.63) is 70.7 Å². The summed E-state index contributed by atoms with van der Waals surface area (Å²) in [7, 11) is 0. The zero-order valence-corrected chi connectivity index (χ0v) is 18.7. The van der Waals surface area contributed by atoms with Crippen molar-refractivity contribution in [1.82, 2.24) is 20.4 Å². The van der Waals surface area contributed by atoms with Gasteiger partial charge in [0.15, 0.2) is 11.6 Å². The number of carbonyl (C=O) groups excluding carboxylic acids is 1. The van der Waals surface area contributed by atoms with Crippen molar-refractivity contribution in [1.29, 1.82) is 0 Å². The monoisotopic (exact) mass is 475 g/mol. The van der Waals surface area contributed by atoms with Crippen molar-refractivity contribution in [2.75, 3.05) is 25.0 Å². The van der Waals surface area contributed by atoms with Gasteiger partial charge >= 0.3 is 0 Å². The van der Waals surface area contributed by atoms with E-state index in [0.29, 0.717) is 18.2 Å². The average molecular weight is 475 g/mol. The van der Waals surface area contributed by atoms with Crippen LogP contribution in [-0.4, -0.2) is 51.3 Å². The lowest BCUT2D eigenvalue weighted by Gasteiger charge is -2.46. The van der Waals surface area contributed by atoms with Gasteiger partial charge in [0.1, 0.15) is 11.4 Å². The van der Waals surface area contributed by atoms with Gasteiger partial charge in [-0.05, 0) is 36.2 Å². The Labute approximate surface area is 193 Å². The number of anilines is 2. The van der Waals surface area contributed by atoms with E-state index in [4.69, 9.17) is 4.42 Å². The number of aliphatic hydroxyl groups is 1. The molecule has 1 aliphatic heterocycles. The number of halogens is 3. The fourth-order valence-electron chi connectivity index (χ4n) is 3.77. The van der Waals surface area contributed by atoms with Gasteiger partial charge in [-0.3, -0.25) is 4.79 Å². The summed E-state index contributed by atoms with van der Waals surface area (Å²) in [5.41, 5.74) is -1.19. The molecule has 1 aromatic heterocycles. The zero-order valence-electron chi connectivity index (χ0n) is 18.7. The molecule has 3 aromatic rings. The maximum atomic E-state index is 14.6. The number of hydrogen-bond donors (Lipinski definition) is 3. The molecule has 1 fully saturated rings. The number of aryl methyl sites for hydroxylation is 2. The average Bonchev–Trinajstić information content (AvgIpc) is 3.20. The number of benzene rings is 2. The Morgan fingerprint density at radius 3 is 2.59 bits per heavy atom. The fraction of sp³-hybridized carbons (Fsp3) is 0.348. The van der Waals surface area contributed by atoms with Gasteiger partial charge < -0.3 is 25.1 Å². The summed E-state index contributed by atoms with van der Waals surface area (Å²) in [6.45, 7) is 3.86. The minimum absolute atomic E-state index is 0.0281. The first-order valence-corrected chi connectivity index (χ1v) is 10.7. The van der Waals surface area contributed by atoms with Crippen LogP contribution in [0.4, 0.5) is 24.5 Å². The lowest BCUT2D eigenvalue weighted by Crippen LogP contribution is -2.67. The second kappa shape index (κ2) is 9.43. The van der Waals surface area contributed by atoms with Crippen LogP contribution < -0.4 is 10.6 Å². The highest BCUT2D eigenvalue weighted by molar-refractivity contribution is 6.01. The van der Waals surface area contributed by atoms with Gasteiger partial charge in [0.05, 0.1) is 36.6 Å². The molecule has 1 amide bonds. The van der Waals surface area contributed by atoms with E-state index in [1.54, 1.807) is 13.0 Å². The Bertz CT molecular complexity index is 1210. The quantitative estimate of drug-likeness (QED) is 0.460. The topological polar surface area (TPSA) is 104 Å². The van der Waals surface area contributed by atoms with Crippen LogP contribution >= 0.6 is 0 Å². The summed E-state index contributed by atoms with van der Waals surface area (Å²) in [5.74, 6) is -2.95. The third-order valence-corrected chi connectivity index (χ3v) is 5.58. The maximum absolute atomic E-state index is 14.6. The lowest BCUT2D eigenvalue weighted by atomic mass is 9.92. The molecule has 0 atom stereocenters. The van der Waals surface area contributed by atoms with Crippen molar-refractivity contribution < 1.29 is 27.5 Å². The van der Waals surface area contributed by atoms with E-state index in [1.165, 1.54) is 17.0 Å². The molecule has 1 saturated heterocycles. The number of hydrogen-bond acceptors (Lipinski definition) is 7. The summed E-state index contributed by atoms with van der Waals surface area (Å²) in [4.78, 5) is 14.3. The number of β-amino-alcohol motifs (C(OH)–C–C–N with tert-alkyl or cyclic N) is 1. The van der Waals surface area contributed by atoms with Crippen molar-refractivity contribution in [2.24, 2.45) is 0 Å². The molecule has 1 aliphatic rings. The van der Waals surface area contributed by atoms with Gasteiger partial charge in [-0.1, -0.05) is 13.0 Å². The van der Waals surface area contributed by atoms with Gasteiger partial charge in [0.2, 0.25) is 11.8 Å². The largest absolute Gasteiger partial charge is 0.424 e. The number of nitrogens with one attached hydrogen (secondary N) is 2. The minimum Gasteiger partial charge on any atom is -0.424 e. The summed E-state index contributed by atoms with van der Waals surface area (Å²) in [5, 5.41) is 23.7. The van der Waals surface area contributed by atoms with E-state index >= 15 is 0 Å². The summed E-state index contributed by atoms with van der Waals surface area (Å²) >= 11 is 0. The van der Waals surface area contributed by atoms with Crippen molar-refractivity contribution in [3.8, 4) is 0 Å². The maximum Gasteiger partial charge on any atom is 0.256 e. The standard InChI is InChI=1S/C23H24F3N5O3/c1-3-14-4-7-18(17(25)8-14)28-21-15(5-6-16(24)20(21)26)22(32)31-11-23(33,12-31)10-27-9-19-30-29-13(2)34-19/h4-8,27-28,33H,3,9-12H2,1-2H3. The first-order valence-electron chi connectivity index (χ1n) is 10.7. The van der Waals surface area contributed by atoms with Gasteiger partial charge in [0, 0.05) is 13.5 Å². The highest BCUT2D eigenvalue weighted by Gasteiger charge is 2.44. The van der Waals surface area contributed by atoms with E-state index in [2.05, 4.69) is 20.8 Å². The van der Waals surface area contributed by atoms with Crippen molar-refractivity contribution in [3.63, 3.8) is 0 Å². The van der Waals surface area contributed by atoms with Crippen LogP contribution in [0.5, 0.6) is 0 Å². The first kappa shape index (κ1) is 23.7. The van der Waals surface area contributed by atoms with E-state index in [0.717, 1.165) is 17.7 Å². The second-order valence-corrected chi connectivity index (χ2v) is 8.28. The van der Waals surface area contributed by atoms with E-state index in [-0.39, 0.29) is 37.4 Å². The Morgan fingerprint density at radius 1 is 1.18 bits per heavy atom. The third-order valence-electron chi connectivity index (χ3n) is 5.58. The molecule has 180 valence electrons. The molecule has 2 aromatic carbocycles. The van der Waals surface area contributed by atoms with Crippen LogP contribution in [0.15, 0.2) is 34.7 Å². The van der Waals surface area contributed by atoms with E-state index in [9.17, 15) is 23.1 Å². The Morgan fingerprint density at radius 2 is 1.94 bits per heavy atom. The molecule has 11 heteroatoms. The second-order valence-electron chi connectivity index (χ2n) is 8.28. The predicted molar refractivity (Wildman–Crippen MR) is 117 cm³/mol. The highest BCUT2D eigenvalue weighted by Crippen LogP contribution is 2.31. The zero-order chi connectivity index (χ0) is 24.5.